The molecule has 5 radical (unpaired) electrons. The Morgan fingerprint density at radius 3 is 0.936 bits per heavy atom. The topological polar surface area (TPSA) is 214 Å². The molecule has 3 N–H and O–H groups in total. The maximum absolute atomic E-state index is 10.1. The molecule has 0 aliphatic heterocycles. The number of carboxylic acid groups (broad SMARTS) is 1. The summed E-state index contributed by atoms with van der Waals surface area (Å²) < 4.78 is 9.29. The van der Waals surface area contributed by atoms with Crippen molar-refractivity contribution >= 4 is 17.5 Å². The summed E-state index contributed by atoms with van der Waals surface area (Å²) in [5.74, 6) is -1.12. The number of aromatic carboxylic acids is 1. The van der Waals surface area contributed by atoms with Crippen LogP contribution in [0.15, 0.2) is 279 Å². The third-order valence-corrected chi connectivity index (χ3v) is 15.2. The van der Waals surface area contributed by atoms with Crippen LogP contribution in [0.5, 0.6) is 0 Å². The number of aryl methyl sites for hydroxylation is 9. The van der Waals surface area contributed by atoms with Gasteiger partial charge in [-0.2, -0.15) is 0 Å². The first-order chi connectivity index (χ1) is 50.4. The van der Waals surface area contributed by atoms with Crippen molar-refractivity contribution in [3.63, 3.8) is 0 Å². The van der Waals surface area contributed by atoms with Gasteiger partial charge in [0.25, 0.3) is 0 Å². The third-order valence-electron chi connectivity index (χ3n) is 15.2. The largest absolute Gasteiger partial charge is 0.512 e. The standard InChI is InChI=1S/C18H17N2.2C17H15N2.2C10H9N2.C6H5NO2.2C5H8O2.5Ir/c1-13-7-6-8-14(2)18(13)16-10-5-4-9-15(16)17-11-12-20(3)19-17;2*1-13-7-6-8-14(2)17(13)19-12-11-16(18-19)15-9-4-3-5-10-15;2*1-12-8-7-10(11-12)9-5-3-2-4-6-9;8-6(9)5-3-1-2-4-7-5;2*1-4(6)3-5(2)7;;;;;/h4-8,10-12H,1-3H3;2*3-9,11-12H,1-2H3;2*2-5,7-8H,1H3;1-4H,(H,8,9);2*3,6H,1-2H3;;;;;/q5*-1;;;;;;;;. The number of benzene rings is 8. The number of aromatic nitrogens is 11. The van der Waals surface area contributed by atoms with Gasteiger partial charge < -0.3 is 15.3 Å². The first-order valence-electron chi connectivity index (χ1n) is 33.6. The average Bonchev–Trinajstić information content (AvgIpc) is 1.27. The van der Waals surface area contributed by atoms with Gasteiger partial charge >= 0.3 is 5.97 Å². The van der Waals surface area contributed by atoms with Crippen molar-refractivity contribution in [2.75, 3.05) is 0 Å². The summed E-state index contributed by atoms with van der Waals surface area (Å²) in [6, 6.07) is 87.4. The second-order valence-corrected chi connectivity index (χ2v) is 24.0. The molecule has 0 bridgehead atoms. The van der Waals surface area contributed by atoms with E-state index in [1.165, 1.54) is 96.6 Å². The van der Waals surface area contributed by atoms with Gasteiger partial charge in [-0.15, -0.1) is 173 Å². The van der Waals surface area contributed by atoms with Gasteiger partial charge in [-0.25, -0.2) is 44.6 Å². The Kier molecular flexibility index (Phi) is 43.7. The summed E-state index contributed by atoms with van der Waals surface area (Å²) in [6.45, 7) is 18.4. The molecule has 0 atom stereocenters. The minimum absolute atomic E-state index is 0. The van der Waals surface area contributed by atoms with Gasteiger partial charge in [0.05, 0.1) is 22.9 Å². The second kappa shape index (κ2) is 50.0. The number of allylic oxidation sites excluding steroid dienone is 4. The molecule has 14 aromatic rings. The van der Waals surface area contributed by atoms with Crippen molar-refractivity contribution in [1.82, 2.24) is 53.9 Å². The fraction of sp³-hybridized carbons (Fsp3) is 0.148. The fourth-order valence-corrected chi connectivity index (χ4v) is 10.6. The summed E-state index contributed by atoms with van der Waals surface area (Å²) in [5.41, 5.74) is 22.3. The number of ketones is 2. The van der Waals surface area contributed by atoms with E-state index in [-0.39, 0.29) is 129 Å². The molecule has 0 unspecified atom stereocenters. The van der Waals surface area contributed by atoms with E-state index in [2.05, 4.69) is 163 Å². The van der Waals surface area contributed by atoms with Gasteiger partial charge in [0, 0.05) is 199 Å². The molecule has 0 saturated carbocycles. The maximum atomic E-state index is 10.1. The van der Waals surface area contributed by atoms with Crippen molar-refractivity contribution in [3.8, 4) is 78.8 Å². The molecule has 0 saturated heterocycles. The number of rotatable bonds is 11. The molecule has 8 aromatic carbocycles. The van der Waals surface area contributed by atoms with Crippen molar-refractivity contribution in [2.45, 2.75) is 69.2 Å². The van der Waals surface area contributed by atoms with Gasteiger partial charge in [0.1, 0.15) is 5.69 Å². The first-order valence-corrected chi connectivity index (χ1v) is 33.6. The van der Waals surface area contributed by atoms with Crippen molar-refractivity contribution in [3.05, 3.63) is 349 Å². The molecule has 0 fully saturated rings. The summed E-state index contributed by atoms with van der Waals surface area (Å²) in [4.78, 5) is 33.8. The molecule has 17 nitrogen and oxygen atoms in total. The minimum atomic E-state index is -0.990. The van der Waals surface area contributed by atoms with Crippen LogP contribution in [0.4, 0.5) is 0 Å². The van der Waals surface area contributed by atoms with E-state index in [1.807, 2.05) is 206 Å². The van der Waals surface area contributed by atoms with Gasteiger partial charge in [-0.1, -0.05) is 113 Å². The molecule has 22 heteroatoms. The fourth-order valence-electron chi connectivity index (χ4n) is 10.6. The smallest absolute Gasteiger partial charge is 0.354 e. The van der Waals surface area contributed by atoms with Crippen LogP contribution < -0.4 is 0 Å². The monoisotopic (exact) mass is 2360 g/mol. The third kappa shape index (κ3) is 31.2. The summed E-state index contributed by atoms with van der Waals surface area (Å²) in [7, 11) is 5.75. The molecule has 0 amide bonds. The van der Waals surface area contributed by atoms with Gasteiger partial charge in [0.15, 0.2) is 11.6 Å². The molecular weight excluding hydrogens is 2270 g/mol. The van der Waals surface area contributed by atoms with Gasteiger partial charge in [0.2, 0.25) is 0 Å². The van der Waals surface area contributed by atoms with Crippen LogP contribution in [0.1, 0.15) is 71.6 Å². The number of aliphatic hydroxyl groups is 2. The maximum Gasteiger partial charge on any atom is 0.354 e. The zero-order valence-corrected chi connectivity index (χ0v) is 75.0. The Morgan fingerprint density at radius 1 is 0.345 bits per heavy atom. The number of carbonyl (C=O) groups excluding carboxylic acids is 2. The number of carboxylic acids is 1. The van der Waals surface area contributed by atoms with E-state index in [4.69, 9.17) is 15.3 Å². The van der Waals surface area contributed by atoms with E-state index in [9.17, 15) is 14.4 Å². The van der Waals surface area contributed by atoms with Crippen LogP contribution in [-0.4, -0.2) is 86.7 Å². The molecule has 0 spiro atoms. The summed E-state index contributed by atoms with van der Waals surface area (Å²) in [5, 5.41) is 47.4. The Morgan fingerprint density at radius 2 is 0.664 bits per heavy atom. The van der Waals surface area contributed by atoms with Gasteiger partial charge in [-0.3, -0.25) is 23.6 Å². The molecule has 6 aromatic heterocycles. The zero-order chi connectivity index (χ0) is 75.8. The van der Waals surface area contributed by atoms with E-state index in [1.54, 1.807) is 21.5 Å². The Hall–Kier alpha value is -9.90. The minimum Gasteiger partial charge on any atom is -0.512 e. The number of pyridine rings is 1. The van der Waals surface area contributed by atoms with Gasteiger partial charge in [-0.05, 0) is 104 Å². The molecular formula is C88H86Ir5N11O6-5. The van der Waals surface area contributed by atoms with Crippen LogP contribution in [0.2, 0.25) is 0 Å². The number of carbonyl (C=O) groups is 3. The van der Waals surface area contributed by atoms with Crippen LogP contribution in [0, 0.1) is 71.9 Å². The molecule has 14 rings (SSSR count). The SMILES string of the molecule is CC(=O)C=C(C)O.CC(=O)C=C(C)O.Cc1cccc(C)c1-c1ccc[c-]c1-c1ccn(C)n1.Cc1cccc(C)c1-n1ccc(-c2[c-]cccc2)n1.Cc1cccc(C)c1-n1ccc(-c2[c-]cccc2)n1.Cn1ccc(-c2[c-]cccc2)n1.Cn1ccc(-c2[c-]cccc2)n1.O=C(O)c1ccccn1.[Ir].[Ir].[Ir].[Ir].[Ir]. The predicted molar refractivity (Wildman–Crippen MR) is 417 cm³/mol. The van der Waals surface area contributed by atoms with Crippen LogP contribution >= 0.6 is 0 Å². The quantitative estimate of drug-likeness (QED) is 0.0627. The first kappa shape index (κ1) is 96.2. The number of aliphatic hydroxyl groups excluding tert-OH is 2. The van der Waals surface area contributed by atoms with Crippen molar-refractivity contribution < 1.29 is 130 Å². The number of para-hydroxylation sites is 2. The van der Waals surface area contributed by atoms with E-state index < -0.39 is 5.97 Å². The summed E-state index contributed by atoms with van der Waals surface area (Å²) in [6.07, 6.45) is 13.6. The van der Waals surface area contributed by atoms with Crippen LogP contribution in [0.25, 0.3) is 78.8 Å². The van der Waals surface area contributed by atoms with E-state index >= 15 is 0 Å². The van der Waals surface area contributed by atoms with E-state index in [0.29, 0.717) is 0 Å². The van der Waals surface area contributed by atoms with Crippen molar-refractivity contribution in [1.29, 1.82) is 0 Å². The number of hydrogen-bond donors (Lipinski definition) is 3. The van der Waals surface area contributed by atoms with Crippen LogP contribution in [0.3, 0.4) is 0 Å². The van der Waals surface area contributed by atoms with Crippen LogP contribution in [-0.2, 0) is 131 Å². The molecule has 0 aliphatic rings. The predicted octanol–water partition coefficient (Wildman–Crippen LogP) is 18.7. The molecule has 110 heavy (non-hydrogen) atoms. The van der Waals surface area contributed by atoms with Crippen molar-refractivity contribution in [2.24, 2.45) is 21.1 Å². The number of hydrogen-bond acceptors (Lipinski definition) is 11. The zero-order valence-electron chi connectivity index (χ0n) is 63.1. The summed E-state index contributed by atoms with van der Waals surface area (Å²) >= 11 is 0. The number of nitrogens with zero attached hydrogens (tertiary/aromatic N) is 11. The van der Waals surface area contributed by atoms with E-state index in [0.717, 1.165) is 67.7 Å². The average molecular weight is 2350 g/mol. The molecule has 6 heterocycles. The molecule has 0 aliphatic carbocycles. The Bertz CT molecular complexity index is 4820. The normalized spacial score (nSPS) is 10.0. The molecule has 579 valence electrons. The second-order valence-electron chi connectivity index (χ2n) is 24.0. The Balaban J connectivity index is 0.000000435. The Labute approximate surface area is 713 Å².